The molecular weight excluding hydrogens is 604 g/mol. The van der Waals surface area contributed by atoms with Gasteiger partial charge in [0.2, 0.25) is 11.3 Å². The summed E-state index contributed by atoms with van der Waals surface area (Å²) >= 11 is 0. The van der Waals surface area contributed by atoms with Crippen molar-refractivity contribution < 1.29 is 33.3 Å². The first-order valence-electron chi connectivity index (χ1n) is 15.8. The van der Waals surface area contributed by atoms with Gasteiger partial charge in [-0.05, 0) is 66.8 Å². The maximum atomic E-state index is 14.2. The number of rotatable bonds is 17. The number of nitrogens with one attached hydrogen (secondary N) is 2. The molecule has 0 saturated carbocycles. The summed E-state index contributed by atoms with van der Waals surface area (Å²) < 4.78 is 23.8. The molecule has 1 aromatic heterocycles. The standard InChI is InChI=1S/C35H48N4O8/c1-7-45-25-17-27-31(32(41)22(25)12-10-20(2)3)33(42)30-23(13-11-21(4)5)34(44-6)28(18-26(30)47-27)46-19-29(40)39-24(9-8-14-36)35(43)38-16-15-37/h10-11,17-18,24,41H,7-9,12-16,19,36-37H2,1-6H3,(H,38,43)(H,39,40). The van der Waals surface area contributed by atoms with E-state index in [-0.39, 0.29) is 64.6 Å². The zero-order chi connectivity index (χ0) is 34.7. The van der Waals surface area contributed by atoms with Crippen molar-refractivity contribution in [1.29, 1.82) is 0 Å². The minimum Gasteiger partial charge on any atom is -0.507 e. The molecule has 0 aliphatic rings. The molecular formula is C35H48N4O8. The van der Waals surface area contributed by atoms with E-state index in [1.807, 2.05) is 46.8 Å². The average molecular weight is 653 g/mol. The SMILES string of the molecule is CCOc1cc2oc3cc(OCC(=O)NC(CCCN)C(=O)NCCN)c(OC)c(CC=C(C)C)c3c(=O)c2c(O)c1CC=C(C)C. The molecule has 2 aromatic carbocycles. The van der Waals surface area contributed by atoms with E-state index < -0.39 is 24.0 Å². The highest BCUT2D eigenvalue weighted by molar-refractivity contribution is 5.98. The van der Waals surface area contributed by atoms with E-state index in [1.165, 1.54) is 13.2 Å². The molecule has 1 unspecified atom stereocenters. The Hall–Kier alpha value is -4.55. The van der Waals surface area contributed by atoms with Crippen LogP contribution in [-0.4, -0.2) is 62.9 Å². The Balaban J connectivity index is 2.15. The molecule has 1 heterocycles. The van der Waals surface area contributed by atoms with Crippen molar-refractivity contribution in [3.8, 4) is 23.0 Å². The maximum absolute atomic E-state index is 14.2. The number of nitrogens with two attached hydrogens (primary N) is 2. The second-order valence-electron chi connectivity index (χ2n) is 11.6. The van der Waals surface area contributed by atoms with Crippen LogP contribution in [0.3, 0.4) is 0 Å². The highest BCUT2D eigenvalue weighted by atomic mass is 16.5. The Labute approximate surface area is 275 Å². The fraction of sp³-hybridized carbons (Fsp3) is 0.457. The highest BCUT2D eigenvalue weighted by Gasteiger charge is 2.25. The molecule has 0 aliphatic carbocycles. The Kier molecular flexibility index (Phi) is 13.7. The van der Waals surface area contributed by atoms with Gasteiger partial charge in [-0.15, -0.1) is 0 Å². The largest absolute Gasteiger partial charge is 0.507 e. The second-order valence-corrected chi connectivity index (χ2v) is 11.6. The van der Waals surface area contributed by atoms with Crippen LogP contribution in [0.4, 0.5) is 0 Å². The topological polar surface area (TPSA) is 188 Å². The van der Waals surface area contributed by atoms with Gasteiger partial charge in [0, 0.05) is 36.3 Å². The van der Waals surface area contributed by atoms with E-state index in [0.717, 1.165) is 11.1 Å². The van der Waals surface area contributed by atoms with Gasteiger partial charge in [-0.2, -0.15) is 0 Å². The van der Waals surface area contributed by atoms with Gasteiger partial charge in [0.1, 0.15) is 34.1 Å². The third-order valence-electron chi connectivity index (χ3n) is 7.39. The minimum atomic E-state index is -0.814. The van der Waals surface area contributed by atoms with Gasteiger partial charge in [-0.1, -0.05) is 23.3 Å². The lowest BCUT2D eigenvalue weighted by Gasteiger charge is -2.20. The molecule has 0 radical (unpaired) electrons. The van der Waals surface area contributed by atoms with Gasteiger partial charge < -0.3 is 45.8 Å². The number of benzene rings is 2. The summed E-state index contributed by atoms with van der Waals surface area (Å²) in [7, 11) is 1.44. The lowest BCUT2D eigenvalue weighted by atomic mass is 9.98. The fourth-order valence-corrected chi connectivity index (χ4v) is 5.11. The minimum absolute atomic E-state index is 0.0306. The summed E-state index contributed by atoms with van der Waals surface area (Å²) in [4.78, 5) is 39.8. The highest BCUT2D eigenvalue weighted by Crippen LogP contribution is 2.41. The van der Waals surface area contributed by atoms with Crippen LogP contribution >= 0.6 is 0 Å². The number of methoxy groups -OCH3 is 1. The molecule has 2 amide bonds. The van der Waals surface area contributed by atoms with Crippen LogP contribution in [-0.2, 0) is 22.4 Å². The van der Waals surface area contributed by atoms with Crippen LogP contribution in [0.2, 0.25) is 0 Å². The number of phenols is 1. The lowest BCUT2D eigenvalue weighted by molar-refractivity contribution is -0.130. The number of allylic oxidation sites excluding steroid dienone is 4. The van der Waals surface area contributed by atoms with Crippen molar-refractivity contribution in [3.63, 3.8) is 0 Å². The smallest absolute Gasteiger partial charge is 0.258 e. The Morgan fingerprint density at radius 2 is 1.60 bits per heavy atom. The summed E-state index contributed by atoms with van der Waals surface area (Å²) in [5.41, 5.74) is 14.0. The monoisotopic (exact) mass is 652 g/mol. The quantitative estimate of drug-likeness (QED) is 0.106. The molecule has 0 bridgehead atoms. The first-order valence-corrected chi connectivity index (χ1v) is 15.8. The van der Waals surface area contributed by atoms with Crippen LogP contribution in [0.1, 0.15) is 58.6 Å². The molecule has 1 atom stereocenters. The van der Waals surface area contributed by atoms with Crippen LogP contribution in [0.25, 0.3) is 21.9 Å². The van der Waals surface area contributed by atoms with Crippen molar-refractivity contribution >= 4 is 33.8 Å². The number of hydrogen-bond acceptors (Lipinski definition) is 10. The van der Waals surface area contributed by atoms with Gasteiger partial charge in [-0.25, -0.2) is 0 Å². The summed E-state index contributed by atoms with van der Waals surface area (Å²) in [6.07, 6.45) is 5.39. The third kappa shape index (κ3) is 9.26. The van der Waals surface area contributed by atoms with Crippen molar-refractivity contribution in [2.45, 2.75) is 66.3 Å². The number of hydrogen-bond donors (Lipinski definition) is 5. The summed E-state index contributed by atoms with van der Waals surface area (Å²) in [5, 5.41) is 17.1. The van der Waals surface area contributed by atoms with E-state index in [9.17, 15) is 19.5 Å². The number of fused-ring (bicyclic) bond motifs is 2. The van der Waals surface area contributed by atoms with Crippen LogP contribution < -0.4 is 41.7 Å². The normalized spacial score (nSPS) is 11.6. The van der Waals surface area contributed by atoms with Gasteiger partial charge in [-0.3, -0.25) is 14.4 Å². The molecule has 3 rings (SSSR count). The van der Waals surface area contributed by atoms with Crippen LogP contribution in [0, 0.1) is 0 Å². The molecule has 0 spiro atoms. The number of aromatic hydroxyl groups is 1. The third-order valence-corrected chi connectivity index (χ3v) is 7.39. The number of carbonyl (C=O) groups excluding carboxylic acids is 2. The molecule has 3 aromatic rings. The van der Waals surface area contributed by atoms with Crippen molar-refractivity contribution in [2.24, 2.45) is 11.5 Å². The number of ether oxygens (including phenoxy) is 3. The summed E-state index contributed by atoms with van der Waals surface area (Å²) in [6, 6.07) is 2.28. The second kappa shape index (κ2) is 17.4. The molecule has 0 fully saturated rings. The first-order chi connectivity index (χ1) is 22.5. The number of phenolic OH excluding ortho intramolecular Hbond substituents is 1. The predicted molar refractivity (Wildman–Crippen MR) is 183 cm³/mol. The summed E-state index contributed by atoms with van der Waals surface area (Å²) in [5.74, 6) is -0.304. The Morgan fingerprint density at radius 1 is 0.957 bits per heavy atom. The predicted octanol–water partition coefficient (Wildman–Crippen LogP) is 3.75. The van der Waals surface area contributed by atoms with E-state index in [1.54, 1.807) is 6.07 Å². The maximum Gasteiger partial charge on any atom is 0.258 e. The summed E-state index contributed by atoms with van der Waals surface area (Å²) in [6.45, 7) is 10.4. The average Bonchev–Trinajstić information content (AvgIpc) is 3.02. The van der Waals surface area contributed by atoms with Crippen molar-refractivity contribution in [2.75, 3.05) is 40.0 Å². The molecule has 0 saturated heterocycles. The van der Waals surface area contributed by atoms with E-state index in [2.05, 4.69) is 10.6 Å². The zero-order valence-corrected chi connectivity index (χ0v) is 28.2. The van der Waals surface area contributed by atoms with E-state index in [0.29, 0.717) is 49.3 Å². The van der Waals surface area contributed by atoms with Gasteiger partial charge in [0.15, 0.2) is 18.1 Å². The van der Waals surface area contributed by atoms with Gasteiger partial charge >= 0.3 is 0 Å². The number of amides is 2. The number of carbonyl (C=O) groups is 2. The molecule has 7 N–H and O–H groups in total. The Morgan fingerprint density at radius 3 is 2.19 bits per heavy atom. The molecule has 256 valence electrons. The van der Waals surface area contributed by atoms with Crippen LogP contribution in [0.5, 0.6) is 23.0 Å². The van der Waals surface area contributed by atoms with Gasteiger partial charge in [0.25, 0.3) is 5.91 Å². The zero-order valence-electron chi connectivity index (χ0n) is 28.2. The van der Waals surface area contributed by atoms with Crippen molar-refractivity contribution in [1.82, 2.24) is 10.6 Å². The first kappa shape index (κ1) is 36.9. The molecule has 12 nitrogen and oxygen atoms in total. The van der Waals surface area contributed by atoms with E-state index >= 15 is 0 Å². The van der Waals surface area contributed by atoms with Crippen molar-refractivity contribution in [3.05, 3.63) is 56.8 Å². The van der Waals surface area contributed by atoms with E-state index in [4.69, 9.17) is 30.1 Å². The lowest BCUT2D eigenvalue weighted by Crippen LogP contribution is -2.49. The molecule has 47 heavy (non-hydrogen) atoms. The Bertz CT molecular complexity index is 1700. The van der Waals surface area contributed by atoms with Gasteiger partial charge in [0.05, 0.1) is 19.1 Å². The molecule has 12 heteroatoms. The molecule has 0 aliphatic heterocycles. The fourth-order valence-electron chi connectivity index (χ4n) is 5.11. The van der Waals surface area contributed by atoms with Crippen LogP contribution in [0.15, 0.2) is 44.6 Å².